The van der Waals surface area contributed by atoms with E-state index in [1.54, 1.807) is 6.07 Å². The van der Waals surface area contributed by atoms with Gasteiger partial charge in [0, 0.05) is 12.7 Å². The predicted octanol–water partition coefficient (Wildman–Crippen LogP) is 5.24. The summed E-state index contributed by atoms with van der Waals surface area (Å²) in [5.74, 6) is -1.42. The van der Waals surface area contributed by atoms with E-state index in [4.69, 9.17) is 9.47 Å². The van der Waals surface area contributed by atoms with Crippen LogP contribution in [0.2, 0.25) is 0 Å². The normalized spacial score (nSPS) is 15.4. The largest absolute Gasteiger partial charge is 0.463 e. The molecule has 0 spiro atoms. The minimum Gasteiger partial charge on any atom is -0.463 e. The van der Waals surface area contributed by atoms with E-state index < -0.39 is 17.7 Å². The Morgan fingerprint density at radius 2 is 1.76 bits per heavy atom. The molecule has 0 aliphatic carbocycles. The molecule has 25 heavy (non-hydrogen) atoms. The van der Waals surface area contributed by atoms with Crippen molar-refractivity contribution in [3.05, 3.63) is 35.9 Å². The lowest BCUT2D eigenvalue weighted by Gasteiger charge is -2.32. The van der Waals surface area contributed by atoms with Crippen LogP contribution in [0.4, 0.5) is 13.2 Å². The summed E-state index contributed by atoms with van der Waals surface area (Å²) in [5.41, 5.74) is -3.39. The maximum atomic E-state index is 13.7. The van der Waals surface area contributed by atoms with Crippen molar-refractivity contribution < 1.29 is 27.4 Å². The first-order valence-electron chi connectivity index (χ1n) is 8.64. The van der Waals surface area contributed by atoms with Crippen LogP contribution >= 0.6 is 0 Å². The molecule has 0 fully saturated rings. The van der Waals surface area contributed by atoms with Gasteiger partial charge < -0.3 is 9.47 Å². The van der Waals surface area contributed by atoms with Gasteiger partial charge in [0.15, 0.2) is 0 Å². The quantitative estimate of drug-likeness (QED) is 0.423. The summed E-state index contributed by atoms with van der Waals surface area (Å²) in [6.45, 7) is 3.92. The van der Waals surface area contributed by atoms with E-state index in [9.17, 15) is 18.0 Å². The maximum absolute atomic E-state index is 13.7. The molecular formula is C19H27F3O3. The van der Waals surface area contributed by atoms with Crippen LogP contribution in [-0.4, -0.2) is 25.9 Å². The lowest BCUT2D eigenvalue weighted by molar-refractivity contribution is -0.276. The Labute approximate surface area is 147 Å². The van der Waals surface area contributed by atoms with Gasteiger partial charge in [0.05, 0.1) is 6.61 Å². The Balaban J connectivity index is 2.82. The molecule has 2 atom stereocenters. The van der Waals surface area contributed by atoms with Crippen molar-refractivity contribution in [1.82, 2.24) is 0 Å². The van der Waals surface area contributed by atoms with E-state index in [-0.39, 0.29) is 18.1 Å². The summed E-state index contributed by atoms with van der Waals surface area (Å²) in [6, 6.07) is 6.86. The van der Waals surface area contributed by atoms with Crippen LogP contribution in [0.5, 0.6) is 0 Å². The van der Waals surface area contributed by atoms with Crippen molar-refractivity contribution in [3.8, 4) is 0 Å². The third-order valence-corrected chi connectivity index (χ3v) is 4.22. The number of rotatable bonds is 10. The summed E-state index contributed by atoms with van der Waals surface area (Å²) in [4.78, 5) is 12.4. The Morgan fingerprint density at radius 1 is 1.12 bits per heavy atom. The molecule has 6 heteroatoms. The number of hydrogen-bond donors (Lipinski definition) is 0. The molecule has 1 aromatic rings. The highest BCUT2D eigenvalue weighted by molar-refractivity contribution is 5.82. The number of carbonyl (C=O) groups excluding carboxylic acids is 1. The van der Waals surface area contributed by atoms with E-state index in [0.29, 0.717) is 0 Å². The molecule has 1 aromatic carbocycles. The minimum absolute atomic E-state index is 0.000584. The van der Waals surface area contributed by atoms with Gasteiger partial charge in [0.2, 0.25) is 0 Å². The number of hydrogen-bond acceptors (Lipinski definition) is 3. The highest BCUT2D eigenvalue weighted by atomic mass is 19.4. The van der Waals surface area contributed by atoms with Crippen LogP contribution < -0.4 is 0 Å². The monoisotopic (exact) mass is 360 g/mol. The van der Waals surface area contributed by atoms with Crippen molar-refractivity contribution in [2.24, 2.45) is 5.92 Å². The molecule has 0 amide bonds. The van der Waals surface area contributed by atoms with Crippen LogP contribution in [-0.2, 0) is 19.9 Å². The molecule has 0 saturated carbocycles. The summed E-state index contributed by atoms with van der Waals surface area (Å²) in [6.07, 6.45) is 0.169. The second-order valence-corrected chi connectivity index (χ2v) is 6.30. The standard InChI is InChI=1S/C19H27F3O3/c1-4-5-6-8-11-15(2)14-25-17(23)18(24-3,19(20,21)22)16-12-9-7-10-13-16/h7,9-10,12-13,15H,4-6,8,11,14H2,1-3H3/t15-,18-/m0/s1. The number of esters is 1. The highest BCUT2D eigenvalue weighted by Crippen LogP contribution is 2.43. The lowest BCUT2D eigenvalue weighted by atomic mass is 9.92. The number of benzene rings is 1. The van der Waals surface area contributed by atoms with Gasteiger partial charge in [0.1, 0.15) is 0 Å². The van der Waals surface area contributed by atoms with Crippen molar-refractivity contribution >= 4 is 5.97 Å². The maximum Gasteiger partial charge on any atom is 0.432 e. The topological polar surface area (TPSA) is 35.5 Å². The molecule has 3 nitrogen and oxygen atoms in total. The first-order valence-corrected chi connectivity index (χ1v) is 8.64. The Hall–Kier alpha value is -1.56. The van der Waals surface area contributed by atoms with Gasteiger partial charge in [-0.15, -0.1) is 0 Å². The van der Waals surface area contributed by atoms with E-state index in [1.165, 1.54) is 24.3 Å². The van der Waals surface area contributed by atoms with Crippen LogP contribution in [0.25, 0.3) is 0 Å². The fraction of sp³-hybridized carbons (Fsp3) is 0.632. The molecule has 0 bridgehead atoms. The van der Waals surface area contributed by atoms with Crippen molar-refractivity contribution in [3.63, 3.8) is 0 Å². The smallest absolute Gasteiger partial charge is 0.432 e. The molecule has 0 saturated heterocycles. The second kappa shape index (κ2) is 9.80. The van der Waals surface area contributed by atoms with Crippen LogP contribution in [0.1, 0.15) is 51.5 Å². The van der Waals surface area contributed by atoms with Crippen molar-refractivity contribution in [1.29, 1.82) is 0 Å². The summed E-state index contributed by atoms with van der Waals surface area (Å²) in [5, 5.41) is 0. The Morgan fingerprint density at radius 3 is 2.28 bits per heavy atom. The Bertz CT molecular complexity index is 516. The number of ether oxygens (including phenoxy) is 2. The zero-order chi connectivity index (χ0) is 18.9. The molecule has 0 N–H and O–H groups in total. The highest BCUT2D eigenvalue weighted by Gasteiger charge is 2.64. The fourth-order valence-electron chi connectivity index (χ4n) is 2.71. The van der Waals surface area contributed by atoms with Crippen LogP contribution in [0.3, 0.4) is 0 Å². The number of carbonyl (C=O) groups is 1. The number of methoxy groups -OCH3 is 1. The summed E-state index contributed by atoms with van der Waals surface area (Å²) < 4.78 is 50.8. The van der Waals surface area contributed by atoms with Crippen LogP contribution in [0, 0.1) is 5.92 Å². The van der Waals surface area contributed by atoms with Crippen LogP contribution in [0.15, 0.2) is 30.3 Å². The van der Waals surface area contributed by atoms with Crippen molar-refractivity contribution in [2.75, 3.05) is 13.7 Å². The zero-order valence-electron chi connectivity index (χ0n) is 15.1. The third-order valence-electron chi connectivity index (χ3n) is 4.22. The molecular weight excluding hydrogens is 333 g/mol. The van der Waals surface area contributed by atoms with E-state index >= 15 is 0 Å². The summed E-state index contributed by atoms with van der Waals surface area (Å²) >= 11 is 0. The number of alkyl halides is 3. The molecule has 0 heterocycles. The van der Waals surface area contributed by atoms with Gasteiger partial charge in [-0.1, -0.05) is 69.9 Å². The van der Waals surface area contributed by atoms with E-state index in [2.05, 4.69) is 6.92 Å². The van der Waals surface area contributed by atoms with Gasteiger partial charge in [-0.25, -0.2) is 4.79 Å². The fourth-order valence-corrected chi connectivity index (χ4v) is 2.71. The van der Waals surface area contributed by atoms with Crippen molar-refractivity contribution in [2.45, 2.75) is 57.7 Å². The molecule has 0 unspecified atom stereocenters. The van der Waals surface area contributed by atoms with Gasteiger partial charge in [-0.05, 0) is 12.3 Å². The van der Waals surface area contributed by atoms with Gasteiger partial charge >= 0.3 is 12.1 Å². The summed E-state index contributed by atoms with van der Waals surface area (Å²) in [7, 11) is 0.871. The van der Waals surface area contributed by atoms with Gasteiger partial charge in [-0.2, -0.15) is 13.2 Å². The molecule has 0 aliphatic heterocycles. The zero-order valence-corrected chi connectivity index (χ0v) is 15.1. The third kappa shape index (κ3) is 5.46. The average Bonchev–Trinajstić information content (AvgIpc) is 2.57. The number of unbranched alkanes of at least 4 members (excludes halogenated alkanes) is 3. The first-order chi connectivity index (χ1) is 11.8. The molecule has 0 radical (unpaired) electrons. The predicted molar refractivity (Wildman–Crippen MR) is 90.1 cm³/mol. The lowest BCUT2D eigenvalue weighted by Crippen LogP contribution is -2.52. The molecule has 1 rings (SSSR count). The Kier molecular flexibility index (Phi) is 8.42. The average molecular weight is 360 g/mol. The minimum atomic E-state index is -4.93. The molecule has 0 aromatic heterocycles. The van der Waals surface area contributed by atoms with Gasteiger partial charge in [-0.3, -0.25) is 0 Å². The van der Waals surface area contributed by atoms with E-state index in [0.717, 1.165) is 39.2 Å². The van der Waals surface area contributed by atoms with Gasteiger partial charge in [0.25, 0.3) is 5.60 Å². The number of halogens is 3. The molecule has 0 aliphatic rings. The van der Waals surface area contributed by atoms with E-state index in [1.807, 2.05) is 6.92 Å². The first kappa shape index (κ1) is 21.5. The SMILES string of the molecule is CCCCCC[C@H](C)COC(=O)[C@@](OC)(c1ccccc1)C(F)(F)F. The second-order valence-electron chi connectivity index (χ2n) is 6.30. The molecule has 142 valence electrons.